The molecule has 3 atom stereocenters. The zero-order chi connectivity index (χ0) is 19.5. The Morgan fingerprint density at radius 1 is 1.03 bits per heavy atom. The third-order valence-electron chi connectivity index (χ3n) is 7.19. The van der Waals surface area contributed by atoms with Gasteiger partial charge in [0, 0.05) is 24.7 Å². The van der Waals surface area contributed by atoms with Crippen molar-refractivity contribution in [3.8, 4) is 0 Å². The normalized spacial score (nSPS) is 30.7. The lowest BCUT2D eigenvalue weighted by Crippen LogP contribution is -2.60. The number of pyridine rings is 1. The van der Waals surface area contributed by atoms with E-state index in [-0.39, 0.29) is 23.7 Å². The number of piperidine rings is 3. The Morgan fingerprint density at radius 2 is 1.83 bits per heavy atom. The summed E-state index contributed by atoms with van der Waals surface area (Å²) in [5.41, 5.74) is 2.54. The fraction of sp³-hybridized carbons (Fsp3) is 0.391. The fourth-order valence-electron chi connectivity index (χ4n) is 5.90. The van der Waals surface area contributed by atoms with Crippen molar-refractivity contribution in [3.05, 3.63) is 71.9 Å². The molecule has 7 rings (SSSR count). The van der Waals surface area contributed by atoms with Crippen LogP contribution in [0.3, 0.4) is 0 Å². The summed E-state index contributed by atoms with van der Waals surface area (Å²) in [6, 6.07) is 13.2. The molecule has 4 saturated heterocycles. The molecule has 0 spiro atoms. The number of carbonyl (C=O) groups is 1. The number of hydrogen-bond acceptors (Lipinski definition) is 3. The molecule has 6 heteroatoms. The number of amides is 1. The number of aromatic nitrogens is 2. The van der Waals surface area contributed by atoms with Crippen LogP contribution in [0.5, 0.6) is 0 Å². The van der Waals surface area contributed by atoms with Crippen LogP contribution in [-0.4, -0.2) is 56.8 Å². The number of nitrogens with zero attached hydrogens (tertiary/aromatic N) is 4. The van der Waals surface area contributed by atoms with E-state index in [4.69, 9.17) is 0 Å². The van der Waals surface area contributed by atoms with Crippen molar-refractivity contribution in [2.45, 2.75) is 30.8 Å². The summed E-state index contributed by atoms with van der Waals surface area (Å²) in [7, 11) is 0. The molecule has 6 heterocycles. The van der Waals surface area contributed by atoms with Crippen LogP contribution in [0.25, 0.3) is 5.65 Å². The van der Waals surface area contributed by atoms with Crippen molar-refractivity contribution >= 4 is 11.6 Å². The highest BCUT2D eigenvalue weighted by Gasteiger charge is 2.54. The first-order valence-electron chi connectivity index (χ1n) is 10.4. The van der Waals surface area contributed by atoms with Gasteiger partial charge in [-0.3, -0.25) is 14.1 Å². The third-order valence-corrected chi connectivity index (χ3v) is 7.19. The predicted octanol–water partition coefficient (Wildman–Crippen LogP) is 3.18. The van der Waals surface area contributed by atoms with E-state index in [0.29, 0.717) is 24.2 Å². The molecule has 0 aliphatic carbocycles. The van der Waals surface area contributed by atoms with Crippen LogP contribution in [-0.2, 0) is 0 Å². The maximum absolute atomic E-state index is 13.7. The summed E-state index contributed by atoms with van der Waals surface area (Å²) >= 11 is 0. The molecule has 4 aliphatic rings. The van der Waals surface area contributed by atoms with Crippen molar-refractivity contribution in [1.82, 2.24) is 19.2 Å². The van der Waals surface area contributed by atoms with E-state index in [2.05, 4.69) is 14.8 Å². The van der Waals surface area contributed by atoms with Crippen LogP contribution in [0, 0.1) is 11.7 Å². The fourth-order valence-corrected chi connectivity index (χ4v) is 5.90. The minimum absolute atomic E-state index is 0.0528. The quantitative estimate of drug-likeness (QED) is 0.675. The number of halogens is 1. The van der Waals surface area contributed by atoms with Gasteiger partial charge in [0.25, 0.3) is 5.91 Å². The summed E-state index contributed by atoms with van der Waals surface area (Å²) in [4.78, 5) is 22.7. The molecule has 0 N–H and O–H groups in total. The number of carbonyl (C=O) groups excluding carboxylic acids is 1. The molecule has 2 bridgehead atoms. The van der Waals surface area contributed by atoms with Gasteiger partial charge < -0.3 is 4.90 Å². The second-order valence-electron chi connectivity index (χ2n) is 8.54. The Bertz CT molecular complexity index is 1070. The van der Waals surface area contributed by atoms with Crippen LogP contribution < -0.4 is 0 Å². The summed E-state index contributed by atoms with van der Waals surface area (Å²) in [5.74, 6) is 0.593. The molecular weight excluding hydrogens is 367 g/mol. The topological polar surface area (TPSA) is 40.9 Å². The van der Waals surface area contributed by atoms with E-state index in [1.807, 2.05) is 40.9 Å². The van der Waals surface area contributed by atoms with E-state index in [9.17, 15) is 9.18 Å². The Morgan fingerprint density at radius 3 is 2.62 bits per heavy atom. The van der Waals surface area contributed by atoms with E-state index in [1.165, 1.54) is 12.1 Å². The minimum atomic E-state index is -0.215. The number of likely N-dealkylation sites (tertiary alicyclic amines) is 1. The molecule has 1 aromatic carbocycles. The molecule has 148 valence electrons. The molecular formula is C23H23FN4O. The molecule has 1 amide bonds. The maximum Gasteiger partial charge on any atom is 0.272 e. The number of imidazole rings is 1. The third kappa shape index (κ3) is 2.55. The Hall–Kier alpha value is -2.73. The number of fused-ring (bicyclic) bond motifs is 3. The molecule has 29 heavy (non-hydrogen) atoms. The monoisotopic (exact) mass is 390 g/mol. The van der Waals surface area contributed by atoms with Crippen LogP contribution in [0.2, 0.25) is 0 Å². The lowest BCUT2D eigenvalue weighted by molar-refractivity contribution is -0.00361. The Balaban J connectivity index is 1.41. The highest BCUT2D eigenvalue weighted by Crippen LogP contribution is 2.47. The number of benzene rings is 1. The first-order valence-corrected chi connectivity index (χ1v) is 10.4. The SMILES string of the molecule is O=C(c1cnc2ccccn12)N1C[C@H](c2ccc(F)cc2)[C@H]2[C@@H]1C1CCN2CC1. The standard InChI is InChI=1S/C23H23FN4O/c24-17-6-4-15(5-7-17)18-14-28(21-16-8-11-26(12-9-16)22(18)21)23(29)19-13-25-20-3-1-2-10-27(19)20/h1-7,10,13,16,18,21-22H,8-9,11-12,14H2/t18-,21+,22+/m1/s1. The summed E-state index contributed by atoms with van der Waals surface area (Å²) in [6.07, 6.45) is 5.89. The second kappa shape index (κ2) is 6.39. The predicted molar refractivity (Wildman–Crippen MR) is 107 cm³/mol. The number of hydrogen-bond donors (Lipinski definition) is 0. The van der Waals surface area contributed by atoms with Gasteiger partial charge in [0.15, 0.2) is 0 Å². The molecule has 5 nitrogen and oxygen atoms in total. The van der Waals surface area contributed by atoms with E-state index < -0.39 is 0 Å². The maximum atomic E-state index is 13.7. The van der Waals surface area contributed by atoms with Gasteiger partial charge in [-0.2, -0.15) is 0 Å². The van der Waals surface area contributed by atoms with Crippen molar-refractivity contribution < 1.29 is 9.18 Å². The van der Waals surface area contributed by atoms with Crippen molar-refractivity contribution in [2.75, 3.05) is 19.6 Å². The zero-order valence-electron chi connectivity index (χ0n) is 16.1. The molecule has 3 aromatic rings. The molecule has 0 saturated carbocycles. The van der Waals surface area contributed by atoms with Gasteiger partial charge in [0.05, 0.1) is 12.2 Å². The molecule has 4 aliphatic heterocycles. The Labute approximate surface area is 168 Å². The molecule has 2 aromatic heterocycles. The average molecular weight is 390 g/mol. The summed E-state index contributed by atoms with van der Waals surface area (Å²) in [5, 5.41) is 0. The summed E-state index contributed by atoms with van der Waals surface area (Å²) < 4.78 is 15.4. The zero-order valence-corrected chi connectivity index (χ0v) is 16.1. The smallest absolute Gasteiger partial charge is 0.272 e. The number of rotatable bonds is 2. The van der Waals surface area contributed by atoms with Gasteiger partial charge in [-0.15, -0.1) is 0 Å². The van der Waals surface area contributed by atoms with Gasteiger partial charge in [0.1, 0.15) is 17.2 Å². The lowest BCUT2D eigenvalue weighted by Gasteiger charge is -2.51. The van der Waals surface area contributed by atoms with Crippen molar-refractivity contribution in [1.29, 1.82) is 0 Å². The lowest BCUT2D eigenvalue weighted by atomic mass is 9.75. The average Bonchev–Trinajstić information content (AvgIpc) is 3.38. The van der Waals surface area contributed by atoms with E-state index in [0.717, 1.165) is 37.1 Å². The van der Waals surface area contributed by atoms with Crippen LogP contribution >= 0.6 is 0 Å². The molecule has 4 fully saturated rings. The van der Waals surface area contributed by atoms with Gasteiger partial charge in [-0.05, 0) is 61.7 Å². The van der Waals surface area contributed by atoms with E-state index >= 15 is 0 Å². The van der Waals surface area contributed by atoms with E-state index in [1.54, 1.807) is 6.20 Å². The van der Waals surface area contributed by atoms with Gasteiger partial charge >= 0.3 is 0 Å². The first-order chi connectivity index (χ1) is 14.2. The van der Waals surface area contributed by atoms with Gasteiger partial charge in [-0.25, -0.2) is 9.37 Å². The second-order valence-corrected chi connectivity index (χ2v) is 8.54. The Kier molecular flexibility index (Phi) is 3.78. The van der Waals surface area contributed by atoms with Crippen LogP contribution in [0.4, 0.5) is 4.39 Å². The van der Waals surface area contributed by atoms with Crippen LogP contribution in [0.15, 0.2) is 54.9 Å². The highest BCUT2D eigenvalue weighted by molar-refractivity contribution is 5.94. The largest absolute Gasteiger partial charge is 0.332 e. The first kappa shape index (κ1) is 17.2. The molecule has 0 radical (unpaired) electrons. The van der Waals surface area contributed by atoms with Crippen molar-refractivity contribution in [3.63, 3.8) is 0 Å². The van der Waals surface area contributed by atoms with Gasteiger partial charge in [-0.1, -0.05) is 18.2 Å². The van der Waals surface area contributed by atoms with Crippen LogP contribution in [0.1, 0.15) is 34.8 Å². The highest BCUT2D eigenvalue weighted by atomic mass is 19.1. The summed E-state index contributed by atoms with van der Waals surface area (Å²) in [6.45, 7) is 2.87. The minimum Gasteiger partial charge on any atom is -0.332 e. The van der Waals surface area contributed by atoms with Gasteiger partial charge in [0.2, 0.25) is 0 Å². The molecule has 0 unspecified atom stereocenters. The van der Waals surface area contributed by atoms with Crippen molar-refractivity contribution in [2.24, 2.45) is 5.92 Å².